The number of halogens is 1. The van der Waals surface area contributed by atoms with Crippen LogP contribution in [0.2, 0.25) is 0 Å². The standard InChI is InChI=1S/C23H20FN5/c1-23(2,17-8-9-19-15(13-17)6-4-12-27-19)22(26)29-21(25)11-10-20(28-29)16-5-3-7-18(24)14-16/h3-14,25-26H,1-2H3. The second-order valence-corrected chi connectivity index (χ2v) is 7.41. The molecule has 2 aromatic carbocycles. The Morgan fingerprint density at radius 2 is 1.83 bits per heavy atom. The quantitative estimate of drug-likeness (QED) is 0.402. The van der Waals surface area contributed by atoms with E-state index in [1.54, 1.807) is 30.5 Å². The summed E-state index contributed by atoms with van der Waals surface area (Å²) in [5.74, 6) is -0.199. The summed E-state index contributed by atoms with van der Waals surface area (Å²) < 4.78 is 14.9. The average molecular weight is 385 g/mol. The highest BCUT2D eigenvalue weighted by Crippen LogP contribution is 2.27. The van der Waals surface area contributed by atoms with Crippen LogP contribution in [0.3, 0.4) is 0 Å². The summed E-state index contributed by atoms with van der Waals surface area (Å²) in [6, 6.07) is 19.1. The first kappa shape index (κ1) is 18.7. The van der Waals surface area contributed by atoms with E-state index in [-0.39, 0.29) is 17.1 Å². The van der Waals surface area contributed by atoms with Crippen molar-refractivity contribution in [2.45, 2.75) is 19.3 Å². The van der Waals surface area contributed by atoms with Gasteiger partial charge < -0.3 is 0 Å². The molecular weight excluding hydrogens is 365 g/mol. The molecule has 0 saturated heterocycles. The summed E-state index contributed by atoms with van der Waals surface area (Å²) in [7, 11) is 0. The number of benzene rings is 2. The summed E-state index contributed by atoms with van der Waals surface area (Å²) >= 11 is 0. The zero-order valence-corrected chi connectivity index (χ0v) is 16.1. The molecule has 0 spiro atoms. The van der Waals surface area contributed by atoms with E-state index in [1.165, 1.54) is 16.8 Å². The maximum atomic E-state index is 13.6. The number of nitrogens with zero attached hydrogens (tertiary/aromatic N) is 3. The molecule has 2 heterocycles. The van der Waals surface area contributed by atoms with Crippen LogP contribution in [0.25, 0.3) is 22.2 Å². The van der Waals surface area contributed by atoms with Crippen molar-refractivity contribution in [3.63, 3.8) is 0 Å². The van der Waals surface area contributed by atoms with Crippen molar-refractivity contribution in [2.24, 2.45) is 0 Å². The molecule has 6 heteroatoms. The smallest absolute Gasteiger partial charge is 0.148 e. The Bertz CT molecular complexity index is 1290. The number of rotatable bonds is 3. The van der Waals surface area contributed by atoms with Gasteiger partial charge in [-0.2, -0.15) is 5.10 Å². The number of hydrogen-bond acceptors (Lipinski definition) is 4. The lowest BCUT2D eigenvalue weighted by Crippen LogP contribution is -2.41. The first-order valence-electron chi connectivity index (χ1n) is 9.22. The molecule has 29 heavy (non-hydrogen) atoms. The second-order valence-electron chi connectivity index (χ2n) is 7.41. The molecule has 0 bridgehead atoms. The summed E-state index contributed by atoms with van der Waals surface area (Å²) in [5.41, 5.74) is 2.29. The molecule has 144 valence electrons. The molecule has 0 saturated carbocycles. The van der Waals surface area contributed by atoms with Gasteiger partial charge in [0, 0.05) is 22.6 Å². The van der Waals surface area contributed by atoms with Crippen molar-refractivity contribution < 1.29 is 4.39 Å². The minimum Gasteiger partial charge on any atom is -0.286 e. The van der Waals surface area contributed by atoms with Gasteiger partial charge in [0.15, 0.2) is 0 Å². The van der Waals surface area contributed by atoms with E-state index in [0.717, 1.165) is 16.5 Å². The third kappa shape index (κ3) is 3.45. The summed E-state index contributed by atoms with van der Waals surface area (Å²) in [5, 5.41) is 22.5. The minimum absolute atomic E-state index is 0.0886. The molecule has 2 N–H and O–H groups in total. The van der Waals surface area contributed by atoms with Gasteiger partial charge in [0.25, 0.3) is 0 Å². The molecule has 2 aromatic heterocycles. The van der Waals surface area contributed by atoms with Crippen molar-refractivity contribution in [3.05, 3.63) is 89.8 Å². The van der Waals surface area contributed by atoms with Crippen molar-refractivity contribution in [1.29, 1.82) is 10.8 Å². The van der Waals surface area contributed by atoms with E-state index < -0.39 is 5.41 Å². The molecule has 0 atom stereocenters. The summed E-state index contributed by atoms with van der Waals surface area (Å²) in [6.45, 7) is 3.85. The fourth-order valence-corrected chi connectivity index (χ4v) is 3.26. The summed E-state index contributed by atoms with van der Waals surface area (Å²) in [6.07, 6.45) is 1.75. The molecule has 0 fully saturated rings. The maximum absolute atomic E-state index is 13.6. The molecule has 0 aliphatic heterocycles. The Balaban J connectivity index is 1.78. The van der Waals surface area contributed by atoms with E-state index >= 15 is 0 Å². The number of pyridine rings is 1. The first-order valence-corrected chi connectivity index (χ1v) is 9.22. The lowest BCUT2D eigenvalue weighted by atomic mass is 9.82. The van der Waals surface area contributed by atoms with Crippen molar-refractivity contribution in [1.82, 2.24) is 14.8 Å². The van der Waals surface area contributed by atoms with Gasteiger partial charge >= 0.3 is 0 Å². The number of hydrogen-bond donors (Lipinski definition) is 2. The van der Waals surface area contributed by atoms with Gasteiger partial charge in [0.05, 0.1) is 11.2 Å². The summed E-state index contributed by atoms with van der Waals surface area (Å²) in [4.78, 5) is 4.34. The van der Waals surface area contributed by atoms with Gasteiger partial charge in [-0.3, -0.25) is 15.8 Å². The lowest BCUT2D eigenvalue weighted by molar-refractivity contribution is 0.627. The highest BCUT2D eigenvalue weighted by Gasteiger charge is 2.29. The van der Waals surface area contributed by atoms with Gasteiger partial charge in [-0.15, -0.1) is 0 Å². The van der Waals surface area contributed by atoms with Crippen LogP contribution in [0.15, 0.2) is 72.9 Å². The predicted octanol–water partition coefficient (Wildman–Crippen LogP) is 4.52. The van der Waals surface area contributed by atoms with Crippen LogP contribution in [-0.4, -0.2) is 20.6 Å². The monoisotopic (exact) mass is 385 g/mol. The number of nitrogens with one attached hydrogen (secondary N) is 2. The van der Waals surface area contributed by atoms with Crippen LogP contribution in [0.5, 0.6) is 0 Å². The molecular formula is C23H20FN5. The predicted molar refractivity (Wildman–Crippen MR) is 111 cm³/mol. The van der Waals surface area contributed by atoms with Crippen LogP contribution >= 0.6 is 0 Å². The van der Waals surface area contributed by atoms with Gasteiger partial charge in [-0.1, -0.05) is 24.3 Å². The Labute approximate surface area is 167 Å². The van der Waals surface area contributed by atoms with Crippen LogP contribution < -0.4 is 5.49 Å². The molecule has 0 aliphatic carbocycles. The van der Waals surface area contributed by atoms with Gasteiger partial charge in [0.1, 0.15) is 17.1 Å². The highest BCUT2D eigenvalue weighted by atomic mass is 19.1. The largest absolute Gasteiger partial charge is 0.286 e. The van der Waals surface area contributed by atoms with E-state index in [2.05, 4.69) is 10.1 Å². The van der Waals surface area contributed by atoms with Gasteiger partial charge in [-0.25, -0.2) is 9.07 Å². The fourth-order valence-electron chi connectivity index (χ4n) is 3.26. The Kier molecular flexibility index (Phi) is 4.54. The third-order valence-corrected chi connectivity index (χ3v) is 5.08. The normalized spacial score (nSPS) is 11.6. The molecule has 4 aromatic rings. The van der Waals surface area contributed by atoms with Gasteiger partial charge in [-0.05, 0) is 61.9 Å². The Hall–Kier alpha value is -3.67. The van der Waals surface area contributed by atoms with Crippen LogP contribution in [0.1, 0.15) is 19.4 Å². The molecule has 0 radical (unpaired) electrons. The van der Waals surface area contributed by atoms with E-state index in [9.17, 15) is 4.39 Å². The van der Waals surface area contributed by atoms with E-state index in [0.29, 0.717) is 11.3 Å². The molecule has 0 unspecified atom stereocenters. The average Bonchev–Trinajstić information content (AvgIpc) is 2.73. The Morgan fingerprint density at radius 1 is 1.00 bits per heavy atom. The van der Waals surface area contributed by atoms with Crippen LogP contribution in [0.4, 0.5) is 4.39 Å². The molecule has 5 nitrogen and oxygen atoms in total. The molecule has 4 rings (SSSR count). The maximum Gasteiger partial charge on any atom is 0.148 e. The Morgan fingerprint density at radius 3 is 2.62 bits per heavy atom. The zero-order chi connectivity index (χ0) is 20.6. The zero-order valence-electron chi connectivity index (χ0n) is 16.1. The van der Waals surface area contributed by atoms with Gasteiger partial charge in [0.2, 0.25) is 0 Å². The number of aromatic nitrogens is 3. The third-order valence-electron chi connectivity index (χ3n) is 5.08. The molecule has 0 amide bonds. The van der Waals surface area contributed by atoms with Crippen molar-refractivity contribution >= 4 is 16.7 Å². The topological polar surface area (TPSA) is 78.4 Å². The fraction of sp³-hybridized carbons (Fsp3) is 0.130. The van der Waals surface area contributed by atoms with Crippen molar-refractivity contribution in [3.8, 4) is 11.3 Å². The minimum atomic E-state index is -0.710. The lowest BCUT2D eigenvalue weighted by Gasteiger charge is -2.27. The molecule has 0 aliphatic rings. The highest BCUT2D eigenvalue weighted by molar-refractivity contribution is 5.92. The SMILES string of the molecule is CC(C)(C(=N)n1nc(-c2cccc(F)c2)ccc1=N)c1ccc2ncccc2c1. The van der Waals surface area contributed by atoms with Crippen LogP contribution in [-0.2, 0) is 5.41 Å². The number of fused-ring (bicyclic) bond motifs is 1. The van der Waals surface area contributed by atoms with E-state index in [4.69, 9.17) is 10.8 Å². The van der Waals surface area contributed by atoms with Crippen molar-refractivity contribution in [2.75, 3.05) is 0 Å². The van der Waals surface area contributed by atoms with Crippen LogP contribution in [0, 0.1) is 16.6 Å². The van der Waals surface area contributed by atoms with E-state index in [1.807, 2.05) is 44.2 Å². The first-order chi connectivity index (χ1) is 13.9. The second kappa shape index (κ2) is 7.05.